The summed E-state index contributed by atoms with van der Waals surface area (Å²) in [4.78, 5) is 23.9. The zero-order valence-electron chi connectivity index (χ0n) is 11.9. The highest BCUT2D eigenvalue weighted by Gasteiger charge is 2.69. The van der Waals surface area contributed by atoms with Gasteiger partial charge < -0.3 is 10.1 Å². The van der Waals surface area contributed by atoms with Crippen molar-refractivity contribution in [1.82, 2.24) is 0 Å². The molecule has 1 aromatic carbocycles. The Morgan fingerprint density at radius 3 is 2.39 bits per heavy atom. The predicted molar refractivity (Wildman–Crippen MR) is 85.1 cm³/mol. The summed E-state index contributed by atoms with van der Waals surface area (Å²) in [6, 6.07) is 5.88. The molecule has 2 rings (SSSR count). The van der Waals surface area contributed by atoms with Crippen molar-refractivity contribution in [1.29, 1.82) is 0 Å². The van der Waals surface area contributed by atoms with Crippen molar-refractivity contribution in [2.75, 3.05) is 11.9 Å². The Morgan fingerprint density at radius 1 is 1.35 bits per heavy atom. The second kappa shape index (κ2) is 6.83. The van der Waals surface area contributed by atoms with Gasteiger partial charge in [0.15, 0.2) is 6.61 Å². The maximum Gasteiger partial charge on any atom is 0.315 e. The van der Waals surface area contributed by atoms with Gasteiger partial charge in [0.05, 0.1) is 0 Å². The Morgan fingerprint density at radius 2 is 1.91 bits per heavy atom. The van der Waals surface area contributed by atoms with Crippen LogP contribution in [0.15, 0.2) is 29.2 Å². The van der Waals surface area contributed by atoms with E-state index in [1.807, 2.05) is 0 Å². The number of hydrogen-bond acceptors (Lipinski definition) is 4. The number of anilines is 1. The largest absolute Gasteiger partial charge is 0.455 e. The van der Waals surface area contributed by atoms with Crippen molar-refractivity contribution in [3.8, 4) is 0 Å². The smallest absolute Gasteiger partial charge is 0.315 e. The molecule has 1 aromatic rings. The van der Waals surface area contributed by atoms with Crippen LogP contribution in [-0.2, 0) is 14.3 Å². The Balaban J connectivity index is 1.80. The van der Waals surface area contributed by atoms with Gasteiger partial charge in [-0.15, -0.1) is 23.2 Å². The van der Waals surface area contributed by atoms with E-state index in [4.69, 9.17) is 27.9 Å². The number of benzene rings is 1. The van der Waals surface area contributed by atoms with Gasteiger partial charge >= 0.3 is 5.97 Å². The van der Waals surface area contributed by atoms with Crippen LogP contribution in [0.5, 0.6) is 0 Å². The molecule has 4 nitrogen and oxygen atoms in total. The maximum atomic E-state index is 12.2. The summed E-state index contributed by atoms with van der Waals surface area (Å²) in [7, 11) is 0. The van der Waals surface area contributed by atoms with Gasteiger partial charge in [-0.2, -0.15) is 8.78 Å². The topological polar surface area (TPSA) is 55.4 Å². The molecule has 0 aromatic heterocycles. The monoisotopic (exact) mass is 383 g/mol. The third-order valence-electron chi connectivity index (χ3n) is 3.41. The SMILES string of the molecule is C[C@@]1(C(=O)OCC(=O)Nc2ccc(SC(F)F)cc2)CC1(Cl)Cl. The highest BCUT2D eigenvalue weighted by Crippen LogP contribution is 2.64. The molecule has 0 radical (unpaired) electrons. The summed E-state index contributed by atoms with van der Waals surface area (Å²) in [5, 5.41) is 2.49. The van der Waals surface area contributed by atoms with Gasteiger partial charge in [0.25, 0.3) is 11.7 Å². The molecule has 1 saturated carbocycles. The summed E-state index contributed by atoms with van der Waals surface area (Å²) in [5.74, 6) is -3.69. The van der Waals surface area contributed by atoms with E-state index >= 15 is 0 Å². The van der Waals surface area contributed by atoms with Crippen LogP contribution >= 0.6 is 35.0 Å². The number of nitrogens with one attached hydrogen (secondary N) is 1. The highest BCUT2D eigenvalue weighted by molar-refractivity contribution is 7.99. The lowest BCUT2D eigenvalue weighted by Crippen LogP contribution is -2.26. The van der Waals surface area contributed by atoms with E-state index in [-0.39, 0.29) is 6.42 Å². The van der Waals surface area contributed by atoms with E-state index in [1.54, 1.807) is 6.92 Å². The fraction of sp³-hybridized carbons (Fsp3) is 0.429. The average Bonchev–Trinajstić information content (AvgIpc) is 2.98. The molecule has 1 aliphatic carbocycles. The van der Waals surface area contributed by atoms with E-state index in [2.05, 4.69) is 5.32 Å². The molecule has 0 spiro atoms. The number of ether oxygens (including phenoxy) is 1. The molecule has 1 N–H and O–H groups in total. The van der Waals surface area contributed by atoms with Gasteiger partial charge in [0.2, 0.25) is 0 Å². The highest BCUT2D eigenvalue weighted by atomic mass is 35.5. The fourth-order valence-corrected chi connectivity index (χ4v) is 3.02. The number of amides is 1. The minimum absolute atomic E-state index is 0.271. The van der Waals surface area contributed by atoms with Crippen LogP contribution in [0.2, 0.25) is 0 Å². The number of carbonyl (C=O) groups is 2. The predicted octanol–water partition coefficient (Wildman–Crippen LogP) is 4.07. The molecule has 1 amide bonds. The van der Waals surface area contributed by atoms with E-state index in [1.165, 1.54) is 24.3 Å². The summed E-state index contributed by atoms with van der Waals surface area (Å²) in [6.07, 6.45) is 0.271. The lowest BCUT2D eigenvalue weighted by Gasteiger charge is -2.12. The van der Waals surface area contributed by atoms with Gasteiger partial charge in [0.1, 0.15) is 9.75 Å². The fourth-order valence-electron chi connectivity index (χ4n) is 1.83. The van der Waals surface area contributed by atoms with E-state index < -0.39 is 34.0 Å². The van der Waals surface area contributed by atoms with Crippen molar-refractivity contribution < 1.29 is 23.1 Å². The lowest BCUT2D eigenvalue weighted by molar-refractivity contribution is -0.152. The second-order valence-electron chi connectivity index (χ2n) is 5.24. The van der Waals surface area contributed by atoms with E-state index in [0.717, 1.165) is 0 Å². The van der Waals surface area contributed by atoms with Crippen molar-refractivity contribution in [3.05, 3.63) is 24.3 Å². The van der Waals surface area contributed by atoms with Crippen molar-refractivity contribution >= 4 is 52.5 Å². The molecule has 0 aliphatic heterocycles. The first-order chi connectivity index (χ1) is 10.6. The quantitative estimate of drug-likeness (QED) is 0.457. The van der Waals surface area contributed by atoms with Crippen molar-refractivity contribution in [2.45, 2.75) is 28.3 Å². The van der Waals surface area contributed by atoms with Crippen LogP contribution in [0, 0.1) is 5.41 Å². The number of carbonyl (C=O) groups excluding carboxylic acids is 2. The minimum atomic E-state index is -2.50. The molecule has 0 saturated heterocycles. The molecule has 1 atom stereocenters. The molecule has 0 bridgehead atoms. The molecule has 9 heteroatoms. The summed E-state index contributed by atoms with van der Waals surface area (Å²) in [6.45, 7) is 1.08. The molecular weight excluding hydrogens is 371 g/mol. The van der Waals surface area contributed by atoms with Gasteiger partial charge in [-0.25, -0.2) is 0 Å². The summed E-state index contributed by atoms with van der Waals surface area (Å²) >= 11 is 12.1. The minimum Gasteiger partial charge on any atom is -0.455 e. The molecule has 1 aliphatic rings. The number of halogens is 4. The average molecular weight is 384 g/mol. The number of hydrogen-bond donors (Lipinski definition) is 1. The lowest BCUT2D eigenvalue weighted by atomic mass is 10.1. The van der Waals surface area contributed by atoms with E-state index in [9.17, 15) is 18.4 Å². The van der Waals surface area contributed by atoms with Gasteiger partial charge in [-0.05, 0) is 31.2 Å². The third-order valence-corrected chi connectivity index (χ3v) is 5.23. The Bertz CT molecular complexity index is 613. The molecule has 0 heterocycles. The molecule has 1 fully saturated rings. The van der Waals surface area contributed by atoms with Crippen LogP contribution in [0.1, 0.15) is 13.3 Å². The number of rotatable bonds is 6. The van der Waals surface area contributed by atoms with Crippen LogP contribution in [0.3, 0.4) is 0 Å². The maximum absolute atomic E-state index is 12.2. The molecule has 0 unspecified atom stereocenters. The molecule has 23 heavy (non-hydrogen) atoms. The van der Waals surface area contributed by atoms with Crippen LogP contribution in [0.25, 0.3) is 0 Å². The van der Waals surface area contributed by atoms with Gasteiger partial charge in [-0.3, -0.25) is 9.59 Å². The van der Waals surface area contributed by atoms with Gasteiger partial charge in [-0.1, -0.05) is 11.8 Å². The van der Waals surface area contributed by atoms with Gasteiger partial charge in [0, 0.05) is 17.0 Å². The molecule has 126 valence electrons. The summed E-state index contributed by atoms with van der Waals surface area (Å²) in [5.41, 5.74) is -0.587. The van der Waals surface area contributed by atoms with Crippen LogP contribution < -0.4 is 5.32 Å². The Labute approximate surface area is 145 Å². The normalized spacial score (nSPS) is 21.8. The van der Waals surface area contributed by atoms with Crippen molar-refractivity contribution in [3.63, 3.8) is 0 Å². The zero-order chi connectivity index (χ0) is 17.3. The van der Waals surface area contributed by atoms with Crippen LogP contribution in [-0.4, -0.2) is 28.6 Å². The standard InChI is InChI=1S/C14H13Cl2F2NO3S/c1-13(7-14(13,15)16)11(21)22-6-10(20)19-8-2-4-9(5-3-8)23-12(17)18/h2-5,12H,6-7H2,1H3,(H,19,20)/t13-/m0/s1. The number of thioether (sulfide) groups is 1. The first-order valence-electron chi connectivity index (χ1n) is 6.54. The number of esters is 1. The Kier molecular flexibility index (Phi) is 5.43. The molecular formula is C14H13Cl2F2NO3S. The van der Waals surface area contributed by atoms with Crippen LogP contribution in [0.4, 0.5) is 14.5 Å². The first-order valence-corrected chi connectivity index (χ1v) is 8.17. The second-order valence-corrected chi connectivity index (χ2v) is 7.79. The van der Waals surface area contributed by atoms with E-state index in [0.29, 0.717) is 22.3 Å². The van der Waals surface area contributed by atoms with Crippen molar-refractivity contribution in [2.24, 2.45) is 5.41 Å². The first kappa shape index (κ1) is 18.3. The zero-order valence-corrected chi connectivity index (χ0v) is 14.3. The third kappa shape index (κ3) is 4.49. The number of alkyl halides is 4. The Hall–Kier alpha value is -1.05. The summed E-state index contributed by atoms with van der Waals surface area (Å²) < 4.78 is 28.1.